The van der Waals surface area contributed by atoms with E-state index in [1.165, 1.54) is 18.2 Å². The van der Waals surface area contributed by atoms with Gasteiger partial charge in [-0.1, -0.05) is 0 Å². The fourth-order valence-corrected chi connectivity index (χ4v) is 1.31. The van der Waals surface area contributed by atoms with Gasteiger partial charge in [-0.2, -0.15) is 0 Å². The van der Waals surface area contributed by atoms with Crippen LogP contribution in [-0.2, 0) is 0 Å². The van der Waals surface area contributed by atoms with Crippen LogP contribution in [0.4, 0.5) is 4.39 Å². The largest absolute Gasteiger partial charge is 0.493 e. The van der Waals surface area contributed by atoms with E-state index in [1.54, 1.807) is 0 Å². The Balaban J connectivity index is 2.50. The minimum atomic E-state index is -0.428. The van der Waals surface area contributed by atoms with Crippen molar-refractivity contribution in [2.45, 2.75) is 6.42 Å². The fraction of sp³-hybridized carbons (Fsp3) is 0.417. The van der Waals surface area contributed by atoms with E-state index in [4.69, 9.17) is 4.74 Å². The summed E-state index contributed by atoms with van der Waals surface area (Å²) in [5.74, 6) is 0.0119. The Hall–Kier alpha value is -1.42. The smallest absolute Gasteiger partial charge is 0.153 e. The Bertz CT molecular complexity index is 353. The van der Waals surface area contributed by atoms with Crippen molar-refractivity contribution in [2.24, 2.45) is 0 Å². The molecule has 0 radical (unpaired) electrons. The number of benzene rings is 1. The van der Waals surface area contributed by atoms with Crippen molar-refractivity contribution in [2.75, 3.05) is 27.2 Å². The zero-order chi connectivity index (χ0) is 12.0. The second-order valence-electron chi connectivity index (χ2n) is 3.81. The molecule has 0 bridgehead atoms. The van der Waals surface area contributed by atoms with Gasteiger partial charge in [-0.05, 0) is 38.7 Å². The van der Waals surface area contributed by atoms with Gasteiger partial charge >= 0.3 is 0 Å². The summed E-state index contributed by atoms with van der Waals surface area (Å²) in [5.41, 5.74) is 0.254. The SMILES string of the molecule is CN(C)CCCOc1ccc(F)cc1C=O. The lowest BCUT2D eigenvalue weighted by Gasteiger charge is -2.11. The maximum absolute atomic E-state index is 12.8. The Morgan fingerprint density at radius 3 is 2.81 bits per heavy atom. The molecule has 4 heteroatoms. The van der Waals surface area contributed by atoms with E-state index in [0.717, 1.165) is 13.0 Å². The van der Waals surface area contributed by atoms with E-state index in [1.807, 2.05) is 14.1 Å². The average molecular weight is 225 g/mol. The topological polar surface area (TPSA) is 29.5 Å². The minimum absolute atomic E-state index is 0.254. The molecule has 0 unspecified atom stereocenters. The van der Waals surface area contributed by atoms with Crippen LogP contribution in [0.5, 0.6) is 5.75 Å². The summed E-state index contributed by atoms with van der Waals surface area (Å²) in [6, 6.07) is 3.94. The van der Waals surface area contributed by atoms with Gasteiger partial charge in [0.1, 0.15) is 11.6 Å². The second kappa shape index (κ2) is 6.23. The predicted octanol–water partition coefficient (Wildman–Crippen LogP) is 1.97. The average Bonchev–Trinajstić information content (AvgIpc) is 2.25. The highest BCUT2D eigenvalue weighted by Crippen LogP contribution is 2.17. The van der Waals surface area contributed by atoms with Crippen molar-refractivity contribution in [3.8, 4) is 5.75 Å². The molecular weight excluding hydrogens is 209 g/mol. The molecule has 0 saturated carbocycles. The molecule has 0 heterocycles. The summed E-state index contributed by atoms with van der Waals surface area (Å²) in [6.45, 7) is 1.43. The standard InChI is InChI=1S/C12H16FNO2/c1-14(2)6-3-7-16-12-5-4-11(13)8-10(12)9-15/h4-5,8-9H,3,6-7H2,1-2H3. The number of nitrogens with zero attached hydrogens (tertiary/aromatic N) is 1. The molecule has 0 aliphatic rings. The van der Waals surface area contributed by atoms with E-state index in [9.17, 15) is 9.18 Å². The van der Waals surface area contributed by atoms with Crippen LogP contribution in [0.25, 0.3) is 0 Å². The van der Waals surface area contributed by atoms with Crippen LogP contribution in [0.1, 0.15) is 16.8 Å². The highest BCUT2D eigenvalue weighted by atomic mass is 19.1. The van der Waals surface area contributed by atoms with Crippen LogP contribution in [0.3, 0.4) is 0 Å². The van der Waals surface area contributed by atoms with Crippen LogP contribution in [0.15, 0.2) is 18.2 Å². The van der Waals surface area contributed by atoms with Gasteiger partial charge in [-0.25, -0.2) is 4.39 Å². The quantitative estimate of drug-likeness (QED) is 0.547. The number of halogens is 1. The van der Waals surface area contributed by atoms with Gasteiger partial charge in [-0.3, -0.25) is 4.79 Å². The second-order valence-corrected chi connectivity index (χ2v) is 3.81. The number of carbonyl (C=O) groups excluding carboxylic acids is 1. The van der Waals surface area contributed by atoms with Crippen molar-refractivity contribution in [1.82, 2.24) is 4.90 Å². The molecule has 3 nitrogen and oxygen atoms in total. The number of aldehydes is 1. The number of hydrogen-bond donors (Lipinski definition) is 0. The van der Waals surface area contributed by atoms with Gasteiger partial charge in [0.15, 0.2) is 6.29 Å². The normalized spacial score (nSPS) is 10.5. The summed E-state index contributed by atoms with van der Waals surface area (Å²) >= 11 is 0. The van der Waals surface area contributed by atoms with Gasteiger partial charge in [0.2, 0.25) is 0 Å². The van der Waals surface area contributed by atoms with Crippen molar-refractivity contribution in [1.29, 1.82) is 0 Å². The Morgan fingerprint density at radius 2 is 2.19 bits per heavy atom. The van der Waals surface area contributed by atoms with Gasteiger partial charge in [0, 0.05) is 6.54 Å². The summed E-state index contributed by atoms with van der Waals surface area (Å²) in [4.78, 5) is 12.7. The number of hydrogen-bond acceptors (Lipinski definition) is 3. The van der Waals surface area contributed by atoms with Gasteiger partial charge in [0.25, 0.3) is 0 Å². The molecule has 1 aromatic carbocycles. The van der Waals surface area contributed by atoms with Crippen molar-refractivity contribution >= 4 is 6.29 Å². The summed E-state index contributed by atoms with van der Waals surface area (Å²) in [7, 11) is 3.96. The monoisotopic (exact) mass is 225 g/mol. The van der Waals surface area contributed by atoms with E-state index < -0.39 is 5.82 Å². The van der Waals surface area contributed by atoms with Crippen molar-refractivity contribution in [3.05, 3.63) is 29.6 Å². The lowest BCUT2D eigenvalue weighted by molar-refractivity contribution is 0.111. The van der Waals surface area contributed by atoms with Crippen LogP contribution in [0.2, 0.25) is 0 Å². The highest BCUT2D eigenvalue weighted by Gasteiger charge is 2.04. The van der Waals surface area contributed by atoms with Gasteiger partial charge in [-0.15, -0.1) is 0 Å². The zero-order valence-corrected chi connectivity index (χ0v) is 9.57. The Morgan fingerprint density at radius 1 is 1.44 bits per heavy atom. The van der Waals surface area contributed by atoms with Crippen LogP contribution >= 0.6 is 0 Å². The molecule has 0 aromatic heterocycles. The molecule has 1 rings (SSSR count). The van der Waals surface area contributed by atoms with E-state index in [2.05, 4.69) is 4.90 Å². The number of carbonyl (C=O) groups is 1. The maximum Gasteiger partial charge on any atom is 0.153 e. The fourth-order valence-electron chi connectivity index (χ4n) is 1.31. The Kier molecular flexibility index (Phi) is 4.92. The number of ether oxygens (including phenoxy) is 1. The minimum Gasteiger partial charge on any atom is -0.493 e. The summed E-state index contributed by atoms with van der Waals surface area (Å²) < 4.78 is 18.2. The van der Waals surface area contributed by atoms with E-state index in [-0.39, 0.29) is 5.56 Å². The first kappa shape index (κ1) is 12.6. The first-order valence-corrected chi connectivity index (χ1v) is 5.15. The Labute approximate surface area is 94.8 Å². The lowest BCUT2D eigenvalue weighted by atomic mass is 10.2. The molecule has 0 atom stereocenters. The third-order valence-electron chi connectivity index (χ3n) is 2.11. The van der Waals surface area contributed by atoms with Gasteiger partial charge in [0.05, 0.1) is 12.2 Å². The molecule has 0 spiro atoms. The molecule has 0 N–H and O–H groups in total. The van der Waals surface area contributed by atoms with Gasteiger partial charge < -0.3 is 9.64 Å². The number of rotatable bonds is 6. The predicted molar refractivity (Wildman–Crippen MR) is 60.5 cm³/mol. The molecule has 1 aromatic rings. The third-order valence-corrected chi connectivity index (χ3v) is 2.11. The van der Waals surface area contributed by atoms with Crippen LogP contribution < -0.4 is 4.74 Å². The zero-order valence-electron chi connectivity index (χ0n) is 9.57. The van der Waals surface area contributed by atoms with Crippen molar-refractivity contribution < 1.29 is 13.9 Å². The molecule has 0 amide bonds. The molecular formula is C12H16FNO2. The first-order valence-electron chi connectivity index (χ1n) is 5.15. The molecule has 88 valence electrons. The molecule has 0 fully saturated rings. The van der Waals surface area contributed by atoms with E-state index in [0.29, 0.717) is 18.6 Å². The lowest BCUT2D eigenvalue weighted by Crippen LogP contribution is -2.15. The third kappa shape index (κ3) is 3.98. The molecule has 0 saturated heterocycles. The van der Waals surface area contributed by atoms with Crippen LogP contribution in [0, 0.1) is 5.82 Å². The highest BCUT2D eigenvalue weighted by molar-refractivity contribution is 5.79. The molecule has 0 aliphatic carbocycles. The summed E-state index contributed by atoms with van der Waals surface area (Å²) in [5, 5.41) is 0. The van der Waals surface area contributed by atoms with Crippen LogP contribution in [-0.4, -0.2) is 38.4 Å². The maximum atomic E-state index is 12.8. The first-order chi connectivity index (χ1) is 7.63. The van der Waals surface area contributed by atoms with Crippen molar-refractivity contribution in [3.63, 3.8) is 0 Å². The molecule has 0 aliphatic heterocycles. The summed E-state index contributed by atoms with van der Waals surface area (Å²) in [6.07, 6.45) is 1.47. The molecule has 16 heavy (non-hydrogen) atoms. The van der Waals surface area contributed by atoms with E-state index >= 15 is 0 Å².